The Labute approximate surface area is 134 Å². The van der Waals surface area contributed by atoms with Gasteiger partial charge in [-0.2, -0.15) is 13.2 Å². The van der Waals surface area contributed by atoms with Crippen molar-refractivity contribution < 1.29 is 23.1 Å². The molecule has 3 rings (SSSR count). The molecule has 3 heterocycles. The van der Waals surface area contributed by atoms with E-state index in [4.69, 9.17) is 0 Å². The molecule has 6 nitrogen and oxygen atoms in total. The van der Waals surface area contributed by atoms with Crippen molar-refractivity contribution in [2.45, 2.75) is 11.9 Å². The molecule has 0 spiro atoms. The lowest BCUT2D eigenvalue weighted by Crippen LogP contribution is -2.51. The molecule has 24 heavy (non-hydrogen) atoms. The van der Waals surface area contributed by atoms with Crippen molar-refractivity contribution >= 4 is 5.91 Å². The summed E-state index contributed by atoms with van der Waals surface area (Å²) in [7, 11) is 0. The van der Waals surface area contributed by atoms with Gasteiger partial charge < -0.3 is 5.11 Å². The first-order chi connectivity index (χ1) is 11.3. The molecule has 0 saturated heterocycles. The van der Waals surface area contributed by atoms with Crippen molar-refractivity contribution in [1.82, 2.24) is 20.4 Å². The molecule has 0 bridgehead atoms. The molecule has 0 radical (unpaired) electrons. The van der Waals surface area contributed by atoms with E-state index >= 15 is 0 Å². The van der Waals surface area contributed by atoms with Crippen LogP contribution in [0.25, 0.3) is 0 Å². The van der Waals surface area contributed by atoms with E-state index in [2.05, 4.69) is 9.97 Å². The summed E-state index contributed by atoms with van der Waals surface area (Å²) >= 11 is 0. The molecule has 1 aliphatic heterocycles. The van der Waals surface area contributed by atoms with Crippen LogP contribution in [-0.2, 0) is 5.72 Å². The van der Waals surface area contributed by atoms with E-state index in [0.717, 1.165) is 0 Å². The molecule has 2 N–H and O–H groups in total. The number of hydrogen-bond acceptors (Lipinski definition) is 5. The molecular formula is C15H11F3N4O2. The van der Waals surface area contributed by atoms with Gasteiger partial charge in [-0.1, -0.05) is 12.1 Å². The number of alkyl halides is 3. The fourth-order valence-corrected chi connectivity index (χ4v) is 2.25. The number of nitrogens with one attached hydrogen (secondary N) is 1. The van der Waals surface area contributed by atoms with Crippen LogP contribution in [0.15, 0.2) is 60.7 Å². The first kappa shape index (κ1) is 15.9. The van der Waals surface area contributed by atoms with Gasteiger partial charge in [0.15, 0.2) is 0 Å². The number of aromatic nitrogens is 2. The zero-order chi connectivity index (χ0) is 17.4. The number of pyridine rings is 2. The Morgan fingerprint density at radius 2 is 2.00 bits per heavy atom. The highest BCUT2D eigenvalue weighted by molar-refractivity contribution is 5.93. The van der Waals surface area contributed by atoms with Gasteiger partial charge in [-0.3, -0.25) is 20.2 Å². The van der Waals surface area contributed by atoms with Gasteiger partial charge in [0.2, 0.25) is 5.72 Å². The van der Waals surface area contributed by atoms with Crippen LogP contribution < -0.4 is 5.43 Å². The van der Waals surface area contributed by atoms with Gasteiger partial charge in [-0.05, 0) is 18.2 Å². The second-order valence-corrected chi connectivity index (χ2v) is 4.99. The Hall–Kier alpha value is -2.94. The summed E-state index contributed by atoms with van der Waals surface area (Å²) in [5.74, 6) is -0.919. The summed E-state index contributed by atoms with van der Waals surface area (Å²) in [6.45, 7) is 0. The lowest BCUT2D eigenvalue weighted by Gasteiger charge is -2.32. The van der Waals surface area contributed by atoms with E-state index in [9.17, 15) is 23.1 Å². The van der Waals surface area contributed by atoms with E-state index in [0.29, 0.717) is 11.1 Å². The molecule has 0 fully saturated rings. The van der Waals surface area contributed by atoms with Crippen molar-refractivity contribution in [2.24, 2.45) is 0 Å². The van der Waals surface area contributed by atoms with Gasteiger partial charge in [0.05, 0.1) is 0 Å². The third kappa shape index (κ3) is 2.69. The molecule has 0 aromatic carbocycles. The maximum absolute atomic E-state index is 13.0. The van der Waals surface area contributed by atoms with Crippen LogP contribution in [0.3, 0.4) is 0 Å². The maximum Gasteiger partial charge on any atom is 0.432 e. The molecule has 124 valence electrons. The number of aliphatic hydroxyl groups is 1. The number of carbonyl (C=O) groups excluding carboxylic acids is 1. The average Bonchev–Trinajstić information content (AvgIpc) is 2.95. The standard InChI is InChI=1S/C15H11F3N4O2/c16-15(17,18)12-8-14(24,10-4-3-6-19-9-10)22(21-12)13(23)11-5-1-2-7-20-11/h1-9,21,24H. The Balaban J connectivity index is 2.07. The normalized spacial score (nSPS) is 20.5. The highest BCUT2D eigenvalue weighted by Crippen LogP contribution is 2.37. The fourth-order valence-electron chi connectivity index (χ4n) is 2.25. The maximum atomic E-state index is 13.0. The minimum Gasteiger partial charge on any atom is -0.362 e. The third-order valence-electron chi connectivity index (χ3n) is 3.40. The number of rotatable bonds is 2. The van der Waals surface area contributed by atoms with Crippen molar-refractivity contribution in [3.05, 3.63) is 72.0 Å². The third-order valence-corrected chi connectivity index (χ3v) is 3.40. The zero-order valence-electron chi connectivity index (χ0n) is 12.0. The molecular weight excluding hydrogens is 325 g/mol. The molecule has 2 aromatic heterocycles. The smallest absolute Gasteiger partial charge is 0.362 e. The van der Waals surface area contributed by atoms with Crippen LogP contribution in [-0.4, -0.2) is 32.2 Å². The Bertz CT molecular complexity index is 780. The topological polar surface area (TPSA) is 78.4 Å². The lowest BCUT2D eigenvalue weighted by atomic mass is 10.0. The molecule has 1 aliphatic rings. The first-order valence-corrected chi connectivity index (χ1v) is 6.77. The lowest BCUT2D eigenvalue weighted by molar-refractivity contribution is -0.104. The highest BCUT2D eigenvalue weighted by atomic mass is 19.4. The summed E-state index contributed by atoms with van der Waals surface area (Å²) in [4.78, 5) is 20.1. The van der Waals surface area contributed by atoms with Crippen LogP contribution in [0, 0.1) is 0 Å². The Morgan fingerprint density at radius 3 is 2.58 bits per heavy atom. The number of hydrogen-bond donors (Lipinski definition) is 2. The second kappa shape index (κ2) is 5.60. The Kier molecular flexibility index (Phi) is 3.72. The summed E-state index contributed by atoms with van der Waals surface area (Å²) in [6.07, 6.45) is -0.338. The van der Waals surface area contributed by atoms with Crippen LogP contribution in [0.5, 0.6) is 0 Å². The minimum atomic E-state index is -4.77. The molecule has 1 amide bonds. The van der Waals surface area contributed by atoms with E-state index < -0.39 is 23.5 Å². The number of amides is 1. The van der Waals surface area contributed by atoms with E-state index in [-0.39, 0.29) is 11.3 Å². The molecule has 1 unspecified atom stereocenters. The van der Waals surface area contributed by atoms with Crippen molar-refractivity contribution in [1.29, 1.82) is 0 Å². The summed E-state index contributed by atoms with van der Waals surface area (Å²) < 4.78 is 39.1. The van der Waals surface area contributed by atoms with Crippen molar-refractivity contribution in [2.75, 3.05) is 0 Å². The van der Waals surface area contributed by atoms with Gasteiger partial charge in [-0.15, -0.1) is 0 Å². The number of nitrogens with zero attached hydrogens (tertiary/aromatic N) is 3. The highest BCUT2D eigenvalue weighted by Gasteiger charge is 2.50. The van der Waals surface area contributed by atoms with Gasteiger partial charge >= 0.3 is 6.18 Å². The summed E-state index contributed by atoms with van der Waals surface area (Å²) in [5.41, 5.74) is -1.81. The quantitative estimate of drug-likeness (QED) is 0.873. The summed E-state index contributed by atoms with van der Waals surface area (Å²) in [5, 5.41) is 11.3. The molecule has 0 aliphatic carbocycles. The van der Waals surface area contributed by atoms with E-state index in [1.165, 1.54) is 42.9 Å². The number of allylic oxidation sites excluding steroid dienone is 1. The van der Waals surface area contributed by atoms with Gasteiger partial charge in [0.25, 0.3) is 5.91 Å². The van der Waals surface area contributed by atoms with Crippen LogP contribution in [0.2, 0.25) is 0 Å². The predicted octanol–water partition coefficient (Wildman–Crippen LogP) is 1.73. The fraction of sp³-hybridized carbons (Fsp3) is 0.133. The van der Waals surface area contributed by atoms with E-state index in [1.54, 1.807) is 6.07 Å². The number of halogens is 3. The molecule has 9 heteroatoms. The van der Waals surface area contributed by atoms with Crippen LogP contribution in [0.1, 0.15) is 16.1 Å². The van der Waals surface area contributed by atoms with Gasteiger partial charge in [0.1, 0.15) is 11.4 Å². The van der Waals surface area contributed by atoms with Crippen molar-refractivity contribution in [3.63, 3.8) is 0 Å². The van der Waals surface area contributed by atoms with Gasteiger partial charge in [0, 0.05) is 30.2 Å². The molecule has 1 atom stereocenters. The van der Waals surface area contributed by atoms with Crippen LogP contribution in [0.4, 0.5) is 13.2 Å². The SMILES string of the molecule is O=C(c1ccccn1)N1NC(C(F)(F)F)=CC1(O)c1cccnc1. The minimum absolute atomic E-state index is 0.000955. The van der Waals surface area contributed by atoms with Gasteiger partial charge in [-0.25, -0.2) is 5.01 Å². The average molecular weight is 336 g/mol. The van der Waals surface area contributed by atoms with Crippen molar-refractivity contribution in [3.8, 4) is 0 Å². The van der Waals surface area contributed by atoms with E-state index in [1.807, 2.05) is 5.43 Å². The summed E-state index contributed by atoms with van der Waals surface area (Å²) in [6, 6.07) is 7.21. The largest absolute Gasteiger partial charge is 0.432 e. The first-order valence-electron chi connectivity index (χ1n) is 6.77. The monoisotopic (exact) mass is 336 g/mol. The molecule has 2 aromatic rings. The number of hydrazine groups is 1. The van der Waals surface area contributed by atoms with Crippen LogP contribution >= 0.6 is 0 Å². The zero-order valence-corrected chi connectivity index (χ0v) is 12.0. The molecule has 0 saturated carbocycles. The predicted molar refractivity (Wildman–Crippen MR) is 75.8 cm³/mol. The Morgan fingerprint density at radius 1 is 1.21 bits per heavy atom. The number of carbonyl (C=O) groups is 1. The second-order valence-electron chi connectivity index (χ2n) is 4.99.